The van der Waals surface area contributed by atoms with Crippen LogP contribution in [-0.2, 0) is 6.42 Å². The van der Waals surface area contributed by atoms with Crippen LogP contribution in [0.25, 0.3) is 5.65 Å². The highest BCUT2D eigenvalue weighted by molar-refractivity contribution is 9.10. The third-order valence-corrected chi connectivity index (χ3v) is 3.84. The van der Waals surface area contributed by atoms with Crippen LogP contribution < -0.4 is 5.32 Å². The Morgan fingerprint density at radius 2 is 2.12 bits per heavy atom. The first-order valence-electron chi connectivity index (χ1n) is 6.03. The minimum atomic E-state index is 0.739. The summed E-state index contributed by atoms with van der Waals surface area (Å²) < 4.78 is 3.16. The van der Waals surface area contributed by atoms with Crippen molar-refractivity contribution in [1.29, 1.82) is 0 Å². The lowest BCUT2D eigenvalue weighted by atomic mass is 9.94. The molecule has 2 aromatic heterocycles. The maximum Gasteiger partial charge on any atom is 0.160 e. The maximum atomic E-state index is 4.30. The molecule has 1 aliphatic rings. The Balaban J connectivity index is 1.86. The van der Waals surface area contributed by atoms with Crippen molar-refractivity contribution < 1.29 is 0 Å². The van der Waals surface area contributed by atoms with Crippen LogP contribution in [0.15, 0.2) is 22.8 Å². The van der Waals surface area contributed by atoms with Gasteiger partial charge in [0.1, 0.15) is 5.82 Å². The minimum absolute atomic E-state index is 0.739. The highest BCUT2D eigenvalue weighted by atomic mass is 79.9. The largest absolute Gasteiger partial charge is 0.317 e. The maximum absolute atomic E-state index is 4.30. The number of nitrogens with one attached hydrogen (secondary N) is 1. The molecule has 5 heteroatoms. The number of rotatable bonds is 2. The van der Waals surface area contributed by atoms with Gasteiger partial charge in [0.25, 0.3) is 0 Å². The van der Waals surface area contributed by atoms with Gasteiger partial charge in [-0.2, -0.15) is 0 Å². The summed E-state index contributed by atoms with van der Waals surface area (Å²) >= 11 is 3.49. The molecule has 0 amide bonds. The molecular weight excluding hydrogens is 280 g/mol. The summed E-state index contributed by atoms with van der Waals surface area (Å²) in [4.78, 5) is 0. The van der Waals surface area contributed by atoms with Crippen molar-refractivity contribution in [2.24, 2.45) is 5.92 Å². The molecule has 90 valence electrons. The topological polar surface area (TPSA) is 42.2 Å². The molecule has 0 atom stereocenters. The van der Waals surface area contributed by atoms with Crippen LogP contribution in [0.4, 0.5) is 0 Å². The number of piperidine rings is 1. The van der Waals surface area contributed by atoms with E-state index in [2.05, 4.69) is 35.8 Å². The Morgan fingerprint density at radius 3 is 2.94 bits per heavy atom. The Morgan fingerprint density at radius 1 is 1.29 bits per heavy atom. The zero-order valence-corrected chi connectivity index (χ0v) is 11.2. The van der Waals surface area contributed by atoms with Gasteiger partial charge in [0.15, 0.2) is 5.65 Å². The highest BCUT2D eigenvalue weighted by Crippen LogP contribution is 2.19. The lowest BCUT2D eigenvalue weighted by Crippen LogP contribution is -2.29. The van der Waals surface area contributed by atoms with Gasteiger partial charge in [0.05, 0.1) is 0 Å². The van der Waals surface area contributed by atoms with Gasteiger partial charge in [-0.3, -0.25) is 4.40 Å². The Kier molecular flexibility index (Phi) is 3.11. The Bertz CT molecular complexity index is 516. The zero-order chi connectivity index (χ0) is 11.7. The lowest BCUT2D eigenvalue weighted by molar-refractivity contribution is 0.366. The van der Waals surface area contributed by atoms with Crippen molar-refractivity contribution >= 4 is 21.6 Å². The van der Waals surface area contributed by atoms with E-state index in [9.17, 15) is 0 Å². The van der Waals surface area contributed by atoms with Crippen LogP contribution in [-0.4, -0.2) is 27.7 Å². The molecule has 0 spiro atoms. The number of aromatic nitrogens is 3. The van der Waals surface area contributed by atoms with Crippen LogP contribution in [0.1, 0.15) is 18.7 Å². The van der Waals surface area contributed by atoms with E-state index in [1.807, 2.05) is 18.3 Å². The average Bonchev–Trinajstić information content (AvgIpc) is 2.73. The number of fused-ring (bicyclic) bond motifs is 1. The highest BCUT2D eigenvalue weighted by Gasteiger charge is 2.16. The fraction of sp³-hybridized carbons (Fsp3) is 0.500. The van der Waals surface area contributed by atoms with E-state index in [4.69, 9.17) is 0 Å². The van der Waals surface area contributed by atoms with Crippen LogP contribution in [0.2, 0.25) is 0 Å². The summed E-state index contributed by atoms with van der Waals surface area (Å²) in [5.41, 5.74) is 0.928. The molecule has 0 aliphatic carbocycles. The summed E-state index contributed by atoms with van der Waals surface area (Å²) in [7, 11) is 0. The first kappa shape index (κ1) is 11.2. The van der Waals surface area contributed by atoms with Crippen molar-refractivity contribution in [3.63, 3.8) is 0 Å². The SMILES string of the molecule is Brc1ccc2nnc(CC3CCNCC3)n2c1. The molecule has 0 unspecified atom stereocenters. The normalized spacial score (nSPS) is 17.7. The molecule has 3 rings (SSSR count). The second-order valence-corrected chi connectivity index (χ2v) is 5.50. The quantitative estimate of drug-likeness (QED) is 0.922. The summed E-state index contributed by atoms with van der Waals surface area (Å²) in [5.74, 6) is 1.82. The standard InChI is InChI=1S/C12H15BrN4/c13-10-1-2-11-15-16-12(17(11)8-10)7-9-3-5-14-6-4-9/h1-2,8-9,14H,3-7H2. The van der Waals surface area contributed by atoms with Gasteiger partial charge in [-0.1, -0.05) is 0 Å². The second-order valence-electron chi connectivity index (χ2n) is 4.59. The first-order valence-corrected chi connectivity index (χ1v) is 6.82. The van der Waals surface area contributed by atoms with Gasteiger partial charge in [-0.25, -0.2) is 0 Å². The average molecular weight is 295 g/mol. The molecule has 1 fully saturated rings. The van der Waals surface area contributed by atoms with E-state index < -0.39 is 0 Å². The fourth-order valence-corrected chi connectivity index (χ4v) is 2.73. The number of nitrogens with zero attached hydrogens (tertiary/aromatic N) is 3. The lowest BCUT2D eigenvalue weighted by Gasteiger charge is -2.21. The predicted molar refractivity (Wildman–Crippen MR) is 70.0 cm³/mol. The Hall–Kier alpha value is -0.940. The minimum Gasteiger partial charge on any atom is -0.317 e. The summed E-state index contributed by atoms with van der Waals surface area (Å²) in [6.45, 7) is 2.26. The third-order valence-electron chi connectivity index (χ3n) is 3.37. The molecule has 0 aromatic carbocycles. The summed E-state index contributed by atoms with van der Waals surface area (Å²) in [6, 6.07) is 3.99. The van der Waals surface area contributed by atoms with Gasteiger partial charge in [-0.05, 0) is 59.9 Å². The van der Waals surface area contributed by atoms with Crippen LogP contribution >= 0.6 is 15.9 Å². The van der Waals surface area contributed by atoms with Crippen LogP contribution in [0.5, 0.6) is 0 Å². The smallest absolute Gasteiger partial charge is 0.160 e. The number of halogens is 1. The molecular formula is C12H15BrN4. The molecule has 0 radical (unpaired) electrons. The molecule has 0 saturated carbocycles. The van der Waals surface area contributed by atoms with E-state index in [1.54, 1.807) is 0 Å². The van der Waals surface area contributed by atoms with E-state index in [-0.39, 0.29) is 0 Å². The molecule has 1 N–H and O–H groups in total. The van der Waals surface area contributed by atoms with Crippen LogP contribution in [0, 0.1) is 5.92 Å². The van der Waals surface area contributed by atoms with E-state index in [1.165, 1.54) is 12.8 Å². The van der Waals surface area contributed by atoms with Crippen molar-refractivity contribution in [2.45, 2.75) is 19.3 Å². The second kappa shape index (κ2) is 4.74. The molecule has 17 heavy (non-hydrogen) atoms. The summed E-state index contributed by atoms with van der Waals surface area (Å²) in [5, 5.41) is 11.9. The van der Waals surface area contributed by atoms with Crippen molar-refractivity contribution in [2.75, 3.05) is 13.1 Å². The van der Waals surface area contributed by atoms with E-state index in [0.717, 1.165) is 41.4 Å². The van der Waals surface area contributed by atoms with Gasteiger partial charge in [0.2, 0.25) is 0 Å². The first-order chi connectivity index (χ1) is 8.33. The van der Waals surface area contributed by atoms with Crippen molar-refractivity contribution in [3.05, 3.63) is 28.6 Å². The van der Waals surface area contributed by atoms with Crippen molar-refractivity contribution in [3.8, 4) is 0 Å². The van der Waals surface area contributed by atoms with Crippen LogP contribution in [0.3, 0.4) is 0 Å². The molecule has 1 saturated heterocycles. The molecule has 1 aliphatic heterocycles. The third kappa shape index (κ3) is 2.35. The van der Waals surface area contributed by atoms with Gasteiger partial charge in [0, 0.05) is 17.1 Å². The number of hydrogen-bond acceptors (Lipinski definition) is 3. The number of hydrogen-bond donors (Lipinski definition) is 1. The Labute approximate surface area is 109 Å². The van der Waals surface area contributed by atoms with Gasteiger partial charge in [-0.15, -0.1) is 10.2 Å². The molecule has 2 aromatic rings. The predicted octanol–water partition coefficient (Wildman–Crippen LogP) is 2.03. The summed E-state index contributed by atoms with van der Waals surface area (Å²) in [6.07, 6.45) is 5.55. The van der Waals surface area contributed by atoms with E-state index >= 15 is 0 Å². The zero-order valence-electron chi connectivity index (χ0n) is 9.56. The van der Waals surface area contributed by atoms with Gasteiger partial charge < -0.3 is 5.32 Å². The molecule has 3 heterocycles. The molecule has 4 nitrogen and oxygen atoms in total. The van der Waals surface area contributed by atoms with E-state index in [0.29, 0.717) is 0 Å². The number of pyridine rings is 1. The fourth-order valence-electron chi connectivity index (χ4n) is 2.40. The molecule has 0 bridgehead atoms. The van der Waals surface area contributed by atoms with Gasteiger partial charge >= 0.3 is 0 Å². The van der Waals surface area contributed by atoms with Crippen molar-refractivity contribution in [1.82, 2.24) is 19.9 Å². The monoisotopic (exact) mass is 294 g/mol.